The molecular formula is C20H25IrNO2. The van der Waals surface area contributed by atoms with Gasteiger partial charge >= 0.3 is 5.78 Å². The van der Waals surface area contributed by atoms with Gasteiger partial charge in [0.2, 0.25) is 0 Å². The first-order valence-corrected chi connectivity index (χ1v) is 7.53. The van der Waals surface area contributed by atoms with Crippen LogP contribution in [-0.4, -0.2) is 20.7 Å². The van der Waals surface area contributed by atoms with Crippen LogP contribution in [0, 0.1) is 6.07 Å². The quantitative estimate of drug-likeness (QED) is 0.276. The monoisotopic (exact) mass is 504 g/mol. The summed E-state index contributed by atoms with van der Waals surface area (Å²) >= 11 is 0. The molecule has 3 nitrogen and oxygen atoms in total. The van der Waals surface area contributed by atoms with E-state index in [1.807, 2.05) is 18.2 Å². The number of pyridine rings is 1. The smallest absolute Gasteiger partial charge is 0.316 e. The number of carbonyl (C=O) groups excluding carboxylic acids is 1. The second kappa shape index (κ2) is 10.2. The molecule has 0 saturated heterocycles. The van der Waals surface area contributed by atoms with Gasteiger partial charge in [0.05, 0.1) is 18.8 Å². The molecule has 0 aliphatic carbocycles. The SMILES string of the molecule is CC(=[OH+])/C=C(/C)O.CC(C)(C)c1c[c-]c(-c2ccccn2)cc1.[Ir]. The fraction of sp³-hybridized carbons (Fsp3) is 0.300. The van der Waals surface area contributed by atoms with E-state index in [0.717, 1.165) is 11.3 Å². The number of benzene rings is 1. The first kappa shape index (κ1) is 22.2. The molecule has 0 spiro atoms. The Bertz CT molecular complexity index is 652. The van der Waals surface area contributed by atoms with E-state index in [4.69, 9.17) is 9.90 Å². The fourth-order valence-electron chi connectivity index (χ4n) is 1.88. The van der Waals surface area contributed by atoms with Crippen molar-refractivity contribution in [2.75, 3.05) is 0 Å². The van der Waals surface area contributed by atoms with Crippen molar-refractivity contribution in [3.05, 3.63) is 66.1 Å². The molecule has 24 heavy (non-hydrogen) atoms. The Balaban J connectivity index is 0.000000570. The molecule has 0 saturated carbocycles. The maximum absolute atomic E-state index is 8.40. The summed E-state index contributed by atoms with van der Waals surface area (Å²) in [6.07, 6.45) is 3.08. The van der Waals surface area contributed by atoms with Crippen molar-refractivity contribution < 1.29 is 30.0 Å². The van der Waals surface area contributed by atoms with Gasteiger partial charge in [0.1, 0.15) is 0 Å². The zero-order chi connectivity index (χ0) is 17.5. The second-order valence-electron chi connectivity index (χ2n) is 6.38. The van der Waals surface area contributed by atoms with E-state index in [1.54, 1.807) is 6.20 Å². The van der Waals surface area contributed by atoms with Gasteiger partial charge in [0.25, 0.3) is 0 Å². The summed E-state index contributed by atoms with van der Waals surface area (Å²) in [5, 5.41) is 8.40. The minimum Gasteiger partial charge on any atom is -0.512 e. The van der Waals surface area contributed by atoms with E-state index in [2.05, 4.69) is 50.0 Å². The van der Waals surface area contributed by atoms with Crippen molar-refractivity contribution in [2.45, 2.75) is 40.0 Å². The third-order valence-corrected chi connectivity index (χ3v) is 3.04. The van der Waals surface area contributed by atoms with Crippen LogP contribution in [0.3, 0.4) is 0 Å². The van der Waals surface area contributed by atoms with Crippen molar-refractivity contribution in [3.63, 3.8) is 0 Å². The predicted molar refractivity (Wildman–Crippen MR) is 96.2 cm³/mol. The van der Waals surface area contributed by atoms with Gasteiger partial charge in [-0.2, -0.15) is 0 Å². The molecule has 131 valence electrons. The molecule has 0 aliphatic heterocycles. The van der Waals surface area contributed by atoms with Crippen molar-refractivity contribution in [1.82, 2.24) is 4.98 Å². The molecule has 0 amide bonds. The fourth-order valence-corrected chi connectivity index (χ4v) is 1.88. The average Bonchev–Trinajstić information content (AvgIpc) is 2.47. The molecule has 2 aromatic rings. The van der Waals surface area contributed by atoms with Gasteiger partial charge in [-0.1, -0.05) is 32.9 Å². The summed E-state index contributed by atoms with van der Waals surface area (Å²) in [5.41, 5.74) is 3.50. The predicted octanol–water partition coefficient (Wildman–Crippen LogP) is 4.86. The van der Waals surface area contributed by atoms with E-state index in [9.17, 15) is 0 Å². The summed E-state index contributed by atoms with van der Waals surface area (Å²) in [6.45, 7) is 9.61. The number of ketones is 1. The topological polar surface area (TPSA) is 54.5 Å². The number of aliphatic hydroxyl groups is 1. The van der Waals surface area contributed by atoms with Gasteiger partial charge in [-0.05, 0) is 24.1 Å². The zero-order valence-electron chi connectivity index (χ0n) is 14.8. The number of aliphatic hydroxyl groups excluding tert-OH is 1. The molecule has 1 heterocycles. The second-order valence-corrected chi connectivity index (χ2v) is 6.38. The molecule has 1 aromatic carbocycles. The third-order valence-electron chi connectivity index (χ3n) is 3.04. The molecule has 1 radical (unpaired) electrons. The average molecular weight is 504 g/mol. The van der Waals surface area contributed by atoms with Crippen molar-refractivity contribution in [2.24, 2.45) is 0 Å². The van der Waals surface area contributed by atoms with E-state index in [-0.39, 0.29) is 37.1 Å². The van der Waals surface area contributed by atoms with Crippen LogP contribution in [0.15, 0.2) is 54.4 Å². The largest absolute Gasteiger partial charge is 0.512 e. The van der Waals surface area contributed by atoms with Crippen LogP contribution in [0.5, 0.6) is 0 Å². The molecule has 2 rings (SSSR count). The minimum absolute atomic E-state index is 0. The number of aromatic nitrogens is 1. The number of hydrogen-bond acceptors (Lipinski definition) is 2. The summed E-state index contributed by atoms with van der Waals surface area (Å²) in [4.78, 5) is 12.7. The minimum atomic E-state index is 0. The molecule has 1 aromatic heterocycles. The molecular weight excluding hydrogens is 478 g/mol. The van der Waals surface area contributed by atoms with Gasteiger partial charge in [-0.15, -0.1) is 35.4 Å². The maximum Gasteiger partial charge on any atom is 0.316 e. The molecule has 0 atom stereocenters. The third kappa shape index (κ3) is 8.19. The number of rotatable bonds is 2. The first-order valence-electron chi connectivity index (χ1n) is 7.53. The van der Waals surface area contributed by atoms with Crippen LogP contribution in [0.2, 0.25) is 0 Å². The Morgan fingerprint density at radius 1 is 1.17 bits per heavy atom. The Hall–Kier alpha value is -1.77. The van der Waals surface area contributed by atoms with Crippen LogP contribution in [0.25, 0.3) is 11.3 Å². The van der Waals surface area contributed by atoms with Crippen LogP contribution >= 0.6 is 0 Å². The first-order chi connectivity index (χ1) is 10.7. The number of nitrogens with zero attached hydrogens (tertiary/aromatic N) is 1. The molecule has 0 unspecified atom stereocenters. The molecule has 0 bridgehead atoms. The van der Waals surface area contributed by atoms with E-state index in [1.165, 1.54) is 25.5 Å². The van der Waals surface area contributed by atoms with Crippen LogP contribution < -0.4 is 0 Å². The zero-order valence-corrected chi connectivity index (χ0v) is 17.2. The van der Waals surface area contributed by atoms with E-state index in [0.29, 0.717) is 0 Å². The summed E-state index contributed by atoms with van der Waals surface area (Å²) in [7, 11) is 0. The normalized spacial score (nSPS) is 11.0. The summed E-state index contributed by atoms with van der Waals surface area (Å²) < 4.78 is 0. The molecule has 4 heteroatoms. The van der Waals surface area contributed by atoms with E-state index < -0.39 is 0 Å². The summed E-state index contributed by atoms with van der Waals surface area (Å²) in [6, 6.07) is 15.5. The van der Waals surface area contributed by atoms with Gasteiger partial charge in [0.15, 0.2) is 0 Å². The van der Waals surface area contributed by atoms with Crippen LogP contribution in [0.1, 0.15) is 40.2 Å². The Morgan fingerprint density at radius 3 is 2.17 bits per heavy atom. The van der Waals surface area contributed by atoms with Crippen LogP contribution in [-0.2, 0) is 25.5 Å². The molecule has 2 N–H and O–H groups in total. The number of allylic oxidation sites excluding steroid dienone is 2. The van der Waals surface area contributed by atoms with Crippen molar-refractivity contribution >= 4 is 5.78 Å². The van der Waals surface area contributed by atoms with E-state index >= 15 is 0 Å². The Kier molecular flexibility index (Phi) is 9.42. The van der Waals surface area contributed by atoms with Crippen molar-refractivity contribution in [1.29, 1.82) is 0 Å². The number of hydrogen-bond donors (Lipinski definition) is 1. The van der Waals surface area contributed by atoms with Gasteiger partial charge in [0, 0.05) is 26.3 Å². The van der Waals surface area contributed by atoms with Gasteiger partial charge in [-0.3, -0.25) is 4.79 Å². The Morgan fingerprint density at radius 2 is 1.83 bits per heavy atom. The van der Waals surface area contributed by atoms with Crippen LogP contribution in [0.4, 0.5) is 0 Å². The maximum atomic E-state index is 8.40. The van der Waals surface area contributed by atoms with Gasteiger partial charge < -0.3 is 10.1 Å². The molecule has 0 fully saturated rings. The summed E-state index contributed by atoms with van der Waals surface area (Å²) in [5.74, 6) is 0.250. The molecule has 0 aliphatic rings. The van der Waals surface area contributed by atoms with Crippen molar-refractivity contribution in [3.8, 4) is 11.3 Å². The van der Waals surface area contributed by atoms with Gasteiger partial charge in [-0.25, -0.2) is 0 Å². The Labute approximate surface area is 158 Å². The standard InChI is InChI=1S/C15H16N.C5H8O2.Ir/c1-15(2,3)13-9-7-12(8-10-13)14-6-4-5-11-16-14;1-4(6)3-5(2)7;/h4-7,9-11H,1-3H3;3,6H,1-2H3;/q-1;;/p+1/b;4-3-;.